The van der Waals surface area contributed by atoms with Gasteiger partial charge in [0.2, 0.25) is 11.8 Å². The van der Waals surface area contributed by atoms with Crippen molar-refractivity contribution in [1.82, 2.24) is 10.2 Å². The van der Waals surface area contributed by atoms with Gasteiger partial charge in [-0.05, 0) is 13.3 Å². The van der Waals surface area contributed by atoms with Crippen LogP contribution < -0.4 is 5.32 Å². The number of nitrogens with zero attached hydrogens (tertiary/aromatic N) is 1. The molecule has 0 bridgehead atoms. The molecule has 2 amide bonds. The Balaban J connectivity index is 2.55. The SMILES string of the molecule is CCN(CC(=O)OC)C(=O)[C@@H]1CCC(=O)N1. The first kappa shape index (κ1) is 12.5. The molecule has 0 unspecified atom stereocenters. The summed E-state index contributed by atoms with van der Waals surface area (Å²) in [5.74, 6) is -0.800. The number of nitrogens with one attached hydrogen (secondary N) is 1. The van der Waals surface area contributed by atoms with Crippen molar-refractivity contribution >= 4 is 17.8 Å². The molecule has 0 spiro atoms. The molecule has 1 aliphatic heterocycles. The van der Waals surface area contributed by atoms with Gasteiger partial charge >= 0.3 is 5.97 Å². The molecule has 6 nitrogen and oxygen atoms in total. The van der Waals surface area contributed by atoms with Gasteiger partial charge < -0.3 is 15.0 Å². The van der Waals surface area contributed by atoms with E-state index in [4.69, 9.17) is 0 Å². The molecule has 90 valence electrons. The summed E-state index contributed by atoms with van der Waals surface area (Å²) in [6.45, 7) is 2.12. The fourth-order valence-corrected chi connectivity index (χ4v) is 1.59. The minimum absolute atomic E-state index is 0.0712. The smallest absolute Gasteiger partial charge is 0.325 e. The Kier molecular flexibility index (Phi) is 4.28. The Morgan fingerprint density at radius 1 is 1.56 bits per heavy atom. The van der Waals surface area contributed by atoms with Crippen LogP contribution >= 0.6 is 0 Å². The largest absolute Gasteiger partial charge is 0.468 e. The molecule has 1 rings (SSSR count). The summed E-state index contributed by atoms with van der Waals surface area (Å²) in [6, 6.07) is -0.489. The fourth-order valence-electron chi connectivity index (χ4n) is 1.59. The Bertz CT molecular complexity index is 303. The molecule has 0 aromatic carbocycles. The number of rotatable bonds is 4. The summed E-state index contributed by atoms with van der Waals surface area (Å²) in [6.07, 6.45) is 0.863. The second-order valence-electron chi connectivity index (χ2n) is 3.59. The summed E-state index contributed by atoms with van der Waals surface area (Å²) in [5, 5.41) is 2.58. The third kappa shape index (κ3) is 2.95. The highest BCUT2D eigenvalue weighted by Crippen LogP contribution is 2.09. The van der Waals surface area contributed by atoms with E-state index in [0.29, 0.717) is 19.4 Å². The van der Waals surface area contributed by atoms with Crippen molar-refractivity contribution in [3.8, 4) is 0 Å². The van der Waals surface area contributed by atoms with Crippen LogP contribution in [-0.2, 0) is 19.1 Å². The molecular formula is C10H16N2O4. The zero-order valence-corrected chi connectivity index (χ0v) is 9.49. The van der Waals surface area contributed by atoms with Gasteiger partial charge in [0.1, 0.15) is 12.6 Å². The van der Waals surface area contributed by atoms with Gasteiger partial charge in [-0.25, -0.2) is 0 Å². The van der Waals surface area contributed by atoms with Gasteiger partial charge in [-0.3, -0.25) is 14.4 Å². The summed E-state index contributed by atoms with van der Waals surface area (Å²) < 4.78 is 4.50. The molecule has 1 heterocycles. The molecule has 1 N–H and O–H groups in total. The molecule has 0 aromatic rings. The maximum Gasteiger partial charge on any atom is 0.325 e. The van der Waals surface area contributed by atoms with E-state index >= 15 is 0 Å². The van der Waals surface area contributed by atoms with Crippen LogP contribution in [0, 0.1) is 0 Å². The number of esters is 1. The molecule has 1 fully saturated rings. The maximum absolute atomic E-state index is 11.9. The number of amides is 2. The molecule has 0 aliphatic carbocycles. The molecular weight excluding hydrogens is 212 g/mol. The van der Waals surface area contributed by atoms with E-state index < -0.39 is 12.0 Å². The molecule has 1 atom stereocenters. The summed E-state index contributed by atoms with van der Waals surface area (Å²) >= 11 is 0. The lowest BCUT2D eigenvalue weighted by Gasteiger charge is -2.22. The lowest BCUT2D eigenvalue weighted by Crippen LogP contribution is -2.46. The lowest BCUT2D eigenvalue weighted by atomic mass is 10.2. The van der Waals surface area contributed by atoms with Crippen molar-refractivity contribution in [3.05, 3.63) is 0 Å². The second-order valence-corrected chi connectivity index (χ2v) is 3.59. The minimum Gasteiger partial charge on any atom is -0.468 e. The van der Waals surface area contributed by atoms with Gasteiger partial charge in [-0.2, -0.15) is 0 Å². The minimum atomic E-state index is -0.489. The molecule has 0 aromatic heterocycles. The van der Waals surface area contributed by atoms with Crippen LogP contribution in [0.4, 0.5) is 0 Å². The molecule has 0 radical (unpaired) electrons. The van der Waals surface area contributed by atoms with Crippen molar-refractivity contribution in [2.45, 2.75) is 25.8 Å². The van der Waals surface area contributed by atoms with Gasteiger partial charge in [0, 0.05) is 13.0 Å². The number of ether oxygens (including phenoxy) is 1. The number of likely N-dealkylation sites (N-methyl/N-ethyl adjacent to an activating group) is 1. The average molecular weight is 228 g/mol. The zero-order valence-electron chi connectivity index (χ0n) is 9.49. The highest BCUT2D eigenvalue weighted by molar-refractivity contribution is 5.92. The zero-order chi connectivity index (χ0) is 12.1. The lowest BCUT2D eigenvalue weighted by molar-refractivity contribution is -0.147. The third-order valence-electron chi connectivity index (χ3n) is 2.53. The van der Waals surface area contributed by atoms with Gasteiger partial charge in [0.15, 0.2) is 0 Å². The normalized spacial score (nSPS) is 19.1. The van der Waals surface area contributed by atoms with Crippen LogP contribution in [0.5, 0.6) is 0 Å². The average Bonchev–Trinajstić information content (AvgIpc) is 2.71. The Labute approximate surface area is 93.9 Å². The standard InChI is InChI=1S/C10H16N2O4/c1-3-12(6-9(14)16-2)10(15)7-4-5-8(13)11-7/h7H,3-6H2,1-2H3,(H,11,13)/t7-/m0/s1. The molecule has 0 saturated carbocycles. The van der Waals surface area contributed by atoms with Crippen LogP contribution in [0.2, 0.25) is 0 Å². The van der Waals surface area contributed by atoms with E-state index in [1.54, 1.807) is 6.92 Å². The Morgan fingerprint density at radius 3 is 2.69 bits per heavy atom. The van der Waals surface area contributed by atoms with Gasteiger partial charge in [-0.1, -0.05) is 0 Å². The van der Waals surface area contributed by atoms with Gasteiger partial charge in [-0.15, -0.1) is 0 Å². The van der Waals surface area contributed by atoms with E-state index in [1.807, 2.05) is 0 Å². The highest BCUT2D eigenvalue weighted by atomic mass is 16.5. The Hall–Kier alpha value is -1.59. The first-order chi connectivity index (χ1) is 7.58. The van der Waals surface area contributed by atoms with E-state index in [-0.39, 0.29) is 18.4 Å². The van der Waals surface area contributed by atoms with E-state index in [2.05, 4.69) is 10.1 Å². The molecule has 6 heteroatoms. The number of carbonyl (C=O) groups excluding carboxylic acids is 3. The van der Waals surface area contributed by atoms with Crippen molar-refractivity contribution < 1.29 is 19.1 Å². The number of carbonyl (C=O) groups is 3. The maximum atomic E-state index is 11.9. The Morgan fingerprint density at radius 2 is 2.25 bits per heavy atom. The predicted octanol–water partition coefficient (Wildman–Crippen LogP) is -0.713. The van der Waals surface area contributed by atoms with E-state index in [0.717, 1.165) is 0 Å². The van der Waals surface area contributed by atoms with Crippen molar-refractivity contribution in [2.75, 3.05) is 20.2 Å². The summed E-state index contributed by atoms with van der Waals surface area (Å²) in [5.41, 5.74) is 0. The fraction of sp³-hybridized carbons (Fsp3) is 0.700. The number of hydrogen-bond acceptors (Lipinski definition) is 4. The predicted molar refractivity (Wildman–Crippen MR) is 55.4 cm³/mol. The quantitative estimate of drug-likeness (QED) is 0.645. The van der Waals surface area contributed by atoms with Crippen molar-refractivity contribution in [3.63, 3.8) is 0 Å². The van der Waals surface area contributed by atoms with E-state index in [9.17, 15) is 14.4 Å². The highest BCUT2D eigenvalue weighted by Gasteiger charge is 2.30. The first-order valence-electron chi connectivity index (χ1n) is 5.23. The molecule has 16 heavy (non-hydrogen) atoms. The van der Waals surface area contributed by atoms with Crippen LogP contribution in [0.15, 0.2) is 0 Å². The van der Waals surface area contributed by atoms with E-state index in [1.165, 1.54) is 12.0 Å². The van der Waals surface area contributed by atoms with Crippen molar-refractivity contribution in [2.24, 2.45) is 0 Å². The summed E-state index contributed by atoms with van der Waals surface area (Å²) in [4.78, 5) is 35.3. The number of methoxy groups -OCH3 is 1. The van der Waals surface area contributed by atoms with Crippen LogP contribution in [0.3, 0.4) is 0 Å². The monoisotopic (exact) mass is 228 g/mol. The third-order valence-corrected chi connectivity index (χ3v) is 2.53. The second kappa shape index (κ2) is 5.48. The molecule has 1 aliphatic rings. The van der Waals surface area contributed by atoms with Crippen LogP contribution in [0.1, 0.15) is 19.8 Å². The molecule has 1 saturated heterocycles. The summed E-state index contributed by atoms with van der Waals surface area (Å²) in [7, 11) is 1.28. The van der Waals surface area contributed by atoms with Gasteiger partial charge in [0.25, 0.3) is 0 Å². The van der Waals surface area contributed by atoms with Crippen LogP contribution in [-0.4, -0.2) is 48.9 Å². The number of hydrogen-bond donors (Lipinski definition) is 1. The van der Waals surface area contributed by atoms with Crippen molar-refractivity contribution in [1.29, 1.82) is 0 Å². The topological polar surface area (TPSA) is 75.7 Å². The van der Waals surface area contributed by atoms with Crippen LogP contribution in [0.25, 0.3) is 0 Å². The first-order valence-corrected chi connectivity index (χ1v) is 5.23. The van der Waals surface area contributed by atoms with Gasteiger partial charge in [0.05, 0.1) is 7.11 Å².